The maximum atomic E-state index is 14.1. The first-order chi connectivity index (χ1) is 14.4. The third-order valence-corrected chi connectivity index (χ3v) is 6.83. The van der Waals surface area contributed by atoms with Gasteiger partial charge in [-0.15, -0.1) is 6.58 Å². The van der Waals surface area contributed by atoms with Crippen LogP contribution in [0.1, 0.15) is 16.8 Å². The summed E-state index contributed by atoms with van der Waals surface area (Å²) in [6, 6.07) is 3.41. The summed E-state index contributed by atoms with van der Waals surface area (Å²) < 4.78 is 51.8. The van der Waals surface area contributed by atoms with Gasteiger partial charge in [0.15, 0.2) is 0 Å². The number of amides is 1. The third kappa shape index (κ3) is 5.64. The lowest BCUT2D eigenvalue weighted by Gasteiger charge is -2.37. The molecule has 0 aromatic heterocycles. The van der Waals surface area contributed by atoms with Gasteiger partial charge in [-0.2, -0.15) is 0 Å². The highest BCUT2D eigenvalue weighted by Crippen LogP contribution is 2.22. The van der Waals surface area contributed by atoms with Gasteiger partial charge >= 0.3 is 0 Å². The van der Waals surface area contributed by atoms with Crippen LogP contribution in [0.15, 0.2) is 35.7 Å². The van der Waals surface area contributed by atoms with Crippen LogP contribution < -0.4 is 10.0 Å². The molecule has 1 aromatic rings. The summed E-state index contributed by atoms with van der Waals surface area (Å²) in [5, 5.41) is 2.88. The van der Waals surface area contributed by atoms with Gasteiger partial charge in [0.1, 0.15) is 10.7 Å². The van der Waals surface area contributed by atoms with Gasteiger partial charge in [-0.05, 0) is 24.6 Å². The zero-order valence-corrected chi connectivity index (χ0v) is 17.6. The summed E-state index contributed by atoms with van der Waals surface area (Å²) in [6.45, 7) is 7.99. The van der Waals surface area contributed by atoms with Crippen molar-refractivity contribution in [3.63, 3.8) is 0 Å². The highest BCUT2D eigenvalue weighted by Gasteiger charge is 2.32. The minimum absolute atomic E-state index is 0.0388. The molecule has 1 aromatic carbocycles. The highest BCUT2D eigenvalue weighted by atomic mass is 32.2. The van der Waals surface area contributed by atoms with Crippen LogP contribution in [-0.2, 0) is 19.5 Å². The van der Waals surface area contributed by atoms with Crippen molar-refractivity contribution in [3.05, 3.63) is 42.2 Å². The Hall–Kier alpha value is -1.85. The summed E-state index contributed by atoms with van der Waals surface area (Å²) in [4.78, 5) is 14.4. The molecule has 0 saturated carbocycles. The zero-order chi connectivity index (χ0) is 21.6. The molecule has 0 spiro atoms. The van der Waals surface area contributed by atoms with Crippen LogP contribution in [-0.4, -0.2) is 77.9 Å². The van der Waals surface area contributed by atoms with Crippen molar-refractivity contribution >= 4 is 15.9 Å². The van der Waals surface area contributed by atoms with Gasteiger partial charge in [0.2, 0.25) is 10.0 Å². The van der Waals surface area contributed by atoms with Crippen molar-refractivity contribution in [2.45, 2.75) is 17.4 Å². The van der Waals surface area contributed by atoms with E-state index in [1.54, 1.807) is 0 Å². The van der Waals surface area contributed by atoms with Crippen LogP contribution in [0.4, 0.5) is 4.39 Å². The van der Waals surface area contributed by atoms with E-state index in [1.807, 2.05) is 0 Å². The summed E-state index contributed by atoms with van der Waals surface area (Å²) in [5.41, 5.74) is 0.0822. The number of ether oxygens (including phenoxy) is 2. The number of halogens is 1. The van der Waals surface area contributed by atoms with Gasteiger partial charge < -0.3 is 14.8 Å². The Morgan fingerprint density at radius 1 is 1.30 bits per heavy atom. The number of benzene rings is 1. The van der Waals surface area contributed by atoms with Gasteiger partial charge in [0.25, 0.3) is 5.91 Å². The Morgan fingerprint density at radius 3 is 2.73 bits per heavy atom. The predicted molar refractivity (Wildman–Crippen MR) is 109 cm³/mol. The molecule has 1 amide bonds. The summed E-state index contributed by atoms with van der Waals surface area (Å²) in [5.74, 6) is -1.07. The lowest BCUT2D eigenvalue weighted by Crippen LogP contribution is -2.52. The van der Waals surface area contributed by atoms with Crippen molar-refractivity contribution in [1.29, 1.82) is 0 Å². The topological polar surface area (TPSA) is 97.0 Å². The Kier molecular flexibility index (Phi) is 7.95. The van der Waals surface area contributed by atoms with Crippen molar-refractivity contribution < 1.29 is 27.1 Å². The molecule has 2 fully saturated rings. The lowest BCUT2D eigenvalue weighted by atomic mass is 9.96. The Morgan fingerprint density at radius 2 is 2.07 bits per heavy atom. The average molecular weight is 442 g/mol. The zero-order valence-electron chi connectivity index (χ0n) is 16.8. The lowest BCUT2D eigenvalue weighted by molar-refractivity contribution is 0.00166. The normalized spacial score (nSPS) is 21.3. The molecule has 2 aliphatic heterocycles. The molecule has 166 valence electrons. The molecular weight excluding hydrogens is 413 g/mol. The first kappa shape index (κ1) is 22.8. The second-order valence-corrected chi connectivity index (χ2v) is 9.07. The number of carbonyl (C=O) groups excluding carboxylic acids is 1. The molecule has 8 nitrogen and oxygen atoms in total. The van der Waals surface area contributed by atoms with Crippen molar-refractivity contribution in [2.75, 3.05) is 52.6 Å². The van der Waals surface area contributed by atoms with Crippen molar-refractivity contribution in [2.24, 2.45) is 5.92 Å². The summed E-state index contributed by atoms with van der Waals surface area (Å²) in [7, 11) is -4.09. The molecule has 2 unspecified atom stereocenters. The molecule has 3 rings (SSSR count). The van der Waals surface area contributed by atoms with Gasteiger partial charge in [0, 0.05) is 50.3 Å². The third-order valence-electron chi connectivity index (χ3n) is 5.40. The first-order valence-electron chi connectivity index (χ1n) is 10.00. The smallest absolute Gasteiger partial charge is 0.251 e. The molecule has 30 heavy (non-hydrogen) atoms. The van der Waals surface area contributed by atoms with E-state index in [9.17, 15) is 17.6 Å². The van der Waals surface area contributed by atoms with Gasteiger partial charge in [-0.3, -0.25) is 9.69 Å². The Bertz CT molecular complexity index is 852. The van der Waals surface area contributed by atoms with E-state index in [1.165, 1.54) is 12.1 Å². The minimum atomic E-state index is -4.09. The van der Waals surface area contributed by atoms with Crippen LogP contribution >= 0.6 is 0 Å². The Labute approximate surface area is 176 Å². The number of carbonyl (C=O) groups is 1. The molecule has 2 atom stereocenters. The number of hydrogen-bond acceptors (Lipinski definition) is 6. The molecule has 2 N–H and O–H groups in total. The van der Waals surface area contributed by atoms with E-state index in [-0.39, 0.29) is 18.2 Å². The van der Waals surface area contributed by atoms with E-state index >= 15 is 0 Å². The molecule has 2 heterocycles. The van der Waals surface area contributed by atoms with Gasteiger partial charge in [-0.25, -0.2) is 17.5 Å². The molecular formula is C20H28FN3O5S. The largest absolute Gasteiger partial charge is 0.381 e. The van der Waals surface area contributed by atoms with Crippen molar-refractivity contribution in [1.82, 2.24) is 14.9 Å². The molecule has 2 aliphatic rings. The second-order valence-electron chi connectivity index (χ2n) is 7.34. The number of nitrogens with one attached hydrogen (secondary N) is 2. The van der Waals surface area contributed by atoms with E-state index in [0.29, 0.717) is 38.9 Å². The Balaban J connectivity index is 1.71. The first-order valence-corrected chi connectivity index (χ1v) is 11.5. The van der Waals surface area contributed by atoms with E-state index < -0.39 is 26.6 Å². The molecule has 10 heteroatoms. The number of sulfonamides is 1. The second kappa shape index (κ2) is 10.5. The van der Waals surface area contributed by atoms with Crippen LogP contribution in [0.2, 0.25) is 0 Å². The molecule has 0 radical (unpaired) electrons. The van der Waals surface area contributed by atoms with Crippen LogP contribution in [0.3, 0.4) is 0 Å². The SMILES string of the molecule is C=CCNS(=O)(=O)c1cc(C(=O)NCC(C2CCOC2)N2CCOCC2)ccc1F. The predicted octanol–water partition coefficient (Wildman–Crippen LogP) is 0.757. The quantitative estimate of drug-likeness (QED) is 0.549. The maximum absolute atomic E-state index is 14.1. The number of hydrogen-bond donors (Lipinski definition) is 2. The fraction of sp³-hybridized carbons (Fsp3) is 0.550. The minimum Gasteiger partial charge on any atom is -0.381 e. The van der Waals surface area contributed by atoms with E-state index in [2.05, 4.69) is 21.5 Å². The summed E-state index contributed by atoms with van der Waals surface area (Å²) in [6.07, 6.45) is 2.27. The fourth-order valence-electron chi connectivity index (χ4n) is 3.76. The van der Waals surface area contributed by atoms with Crippen LogP contribution in [0.25, 0.3) is 0 Å². The summed E-state index contributed by atoms with van der Waals surface area (Å²) >= 11 is 0. The average Bonchev–Trinajstić information content (AvgIpc) is 3.28. The monoisotopic (exact) mass is 441 g/mol. The molecule has 2 saturated heterocycles. The van der Waals surface area contributed by atoms with Gasteiger partial charge in [0.05, 0.1) is 19.8 Å². The molecule has 0 aliphatic carbocycles. The fourth-order valence-corrected chi connectivity index (χ4v) is 4.86. The van der Waals surface area contributed by atoms with E-state index in [4.69, 9.17) is 9.47 Å². The number of rotatable bonds is 9. The number of morpholine rings is 1. The van der Waals surface area contributed by atoms with Gasteiger partial charge in [-0.1, -0.05) is 6.08 Å². The van der Waals surface area contributed by atoms with Crippen LogP contribution in [0, 0.1) is 11.7 Å². The maximum Gasteiger partial charge on any atom is 0.251 e. The van der Waals surface area contributed by atoms with E-state index in [0.717, 1.165) is 31.6 Å². The molecule has 0 bridgehead atoms. The highest BCUT2D eigenvalue weighted by molar-refractivity contribution is 7.89. The standard InChI is InChI=1S/C20H28FN3O5S/c1-2-6-23-30(26,27)19-12-15(3-4-17(19)21)20(25)22-13-18(16-5-9-29-14-16)24-7-10-28-11-8-24/h2-4,12,16,18,23H,1,5-11,13-14H2,(H,22,25). The number of nitrogens with zero attached hydrogens (tertiary/aromatic N) is 1. The van der Waals surface area contributed by atoms with Crippen LogP contribution in [0.5, 0.6) is 0 Å². The van der Waals surface area contributed by atoms with Crippen molar-refractivity contribution in [3.8, 4) is 0 Å².